The first-order valence-electron chi connectivity index (χ1n) is 14.6. The third kappa shape index (κ3) is 6.73. The largest absolute Gasteiger partial charge is 0.378 e. The van der Waals surface area contributed by atoms with Crippen LogP contribution < -0.4 is 5.32 Å². The quantitative estimate of drug-likeness (QED) is 0.484. The summed E-state index contributed by atoms with van der Waals surface area (Å²) in [6, 6.07) is 31.0. The average Bonchev–Trinajstić information content (AvgIpc) is 2.99. The molecule has 3 aromatic carbocycles. The van der Waals surface area contributed by atoms with Crippen molar-refractivity contribution >= 4 is 10.0 Å². The topological polar surface area (TPSA) is 74.4 Å². The average molecular weight is 577 g/mol. The van der Waals surface area contributed by atoms with E-state index in [1.165, 1.54) is 11.1 Å². The first-order valence-corrected chi connectivity index (χ1v) is 16.0. The number of morpholine rings is 2. The van der Waals surface area contributed by atoms with Crippen molar-refractivity contribution in [2.45, 2.75) is 42.2 Å². The highest BCUT2D eigenvalue weighted by Gasteiger charge is 2.42. The molecule has 4 aliphatic heterocycles. The van der Waals surface area contributed by atoms with Gasteiger partial charge in [0.15, 0.2) is 0 Å². The van der Waals surface area contributed by atoms with Crippen molar-refractivity contribution in [2.75, 3.05) is 52.6 Å². The van der Waals surface area contributed by atoms with Crippen molar-refractivity contribution in [3.8, 4) is 0 Å². The van der Waals surface area contributed by atoms with E-state index in [4.69, 9.17) is 9.47 Å². The molecule has 218 valence electrons. The predicted molar refractivity (Wildman–Crippen MR) is 159 cm³/mol. The third-order valence-electron chi connectivity index (χ3n) is 8.50. The van der Waals surface area contributed by atoms with Crippen LogP contribution in [0.5, 0.6) is 0 Å². The van der Waals surface area contributed by atoms with E-state index in [2.05, 4.69) is 57.6 Å². The number of hydrogen-bond donors (Lipinski definition) is 1. The molecule has 7 rings (SSSR count). The number of ether oxygens (including phenoxy) is 2. The zero-order valence-corrected chi connectivity index (χ0v) is 24.2. The molecular weight excluding hydrogens is 536 g/mol. The maximum absolute atomic E-state index is 12.9. The van der Waals surface area contributed by atoms with Gasteiger partial charge in [-0.05, 0) is 23.3 Å². The summed E-state index contributed by atoms with van der Waals surface area (Å²) in [6.45, 7) is 7.84. The molecule has 0 spiro atoms. The molecule has 4 bridgehead atoms. The third-order valence-corrected chi connectivity index (χ3v) is 10.3. The molecule has 4 unspecified atom stereocenters. The van der Waals surface area contributed by atoms with Crippen LogP contribution in [0.15, 0.2) is 95.9 Å². The summed E-state index contributed by atoms with van der Waals surface area (Å²) in [7, 11) is -3.45. The van der Waals surface area contributed by atoms with Gasteiger partial charge in [-0.1, -0.05) is 78.9 Å². The number of nitrogens with one attached hydrogen (secondary N) is 1. The van der Waals surface area contributed by atoms with E-state index in [1.807, 2.05) is 24.3 Å². The maximum atomic E-state index is 12.9. The van der Waals surface area contributed by atoms with Crippen LogP contribution in [0.25, 0.3) is 0 Å². The van der Waals surface area contributed by atoms with E-state index >= 15 is 0 Å². The van der Waals surface area contributed by atoms with E-state index in [9.17, 15) is 8.42 Å². The number of hydrogen-bond acceptors (Lipinski definition) is 7. The van der Waals surface area contributed by atoms with Crippen LogP contribution in [-0.4, -0.2) is 99.3 Å². The van der Waals surface area contributed by atoms with Gasteiger partial charge in [-0.15, -0.1) is 0 Å². The predicted octanol–water partition coefficient (Wildman–Crippen LogP) is 2.82. The number of rotatable bonds is 6. The highest BCUT2D eigenvalue weighted by molar-refractivity contribution is 7.89. The van der Waals surface area contributed by atoms with Crippen LogP contribution in [0, 0.1) is 0 Å². The molecule has 0 radical (unpaired) electrons. The first kappa shape index (κ1) is 28.5. The Morgan fingerprint density at radius 2 is 1.02 bits per heavy atom. The molecule has 0 saturated carbocycles. The van der Waals surface area contributed by atoms with Gasteiger partial charge in [0.05, 0.1) is 31.3 Å². The Labute approximate surface area is 243 Å². The lowest BCUT2D eigenvalue weighted by atomic mass is 10.0. The summed E-state index contributed by atoms with van der Waals surface area (Å²) >= 11 is 0. The summed E-state index contributed by atoms with van der Waals surface area (Å²) in [6.07, 6.45) is 0. The SMILES string of the molecule is O=S(=O)(c1ccccc1)N1CC2COCC(C1)N2Cc1ccccc1.c1ccc(CN2C3CNCC2COC3)cc1. The van der Waals surface area contributed by atoms with E-state index in [-0.39, 0.29) is 12.1 Å². The van der Waals surface area contributed by atoms with E-state index in [1.54, 1.807) is 28.6 Å². The molecule has 4 heterocycles. The second-order valence-corrected chi connectivity index (χ2v) is 13.2. The van der Waals surface area contributed by atoms with Gasteiger partial charge in [-0.2, -0.15) is 4.31 Å². The maximum Gasteiger partial charge on any atom is 0.243 e. The van der Waals surface area contributed by atoms with Gasteiger partial charge in [0.25, 0.3) is 0 Å². The van der Waals surface area contributed by atoms with Crippen LogP contribution >= 0.6 is 0 Å². The van der Waals surface area contributed by atoms with Crippen LogP contribution in [0.2, 0.25) is 0 Å². The lowest BCUT2D eigenvalue weighted by Crippen LogP contribution is -2.64. The highest BCUT2D eigenvalue weighted by atomic mass is 32.2. The van der Waals surface area contributed by atoms with Gasteiger partial charge in [0.1, 0.15) is 0 Å². The lowest BCUT2D eigenvalue weighted by molar-refractivity contribution is -0.0858. The Hall–Kier alpha value is -2.63. The molecule has 41 heavy (non-hydrogen) atoms. The van der Waals surface area contributed by atoms with Crippen LogP contribution in [-0.2, 0) is 32.6 Å². The minimum atomic E-state index is -3.45. The summed E-state index contributed by atoms with van der Waals surface area (Å²) in [5.74, 6) is 0. The second kappa shape index (κ2) is 13.1. The fourth-order valence-corrected chi connectivity index (χ4v) is 7.87. The van der Waals surface area contributed by atoms with E-state index in [0.717, 1.165) is 39.4 Å². The van der Waals surface area contributed by atoms with Crippen molar-refractivity contribution in [2.24, 2.45) is 0 Å². The molecule has 4 atom stereocenters. The lowest BCUT2D eigenvalue weighted by Gasteiger charge is -2.49. The molecule has 1 N–H and O–H groups in total. The summed E-state index contributed by atoms with van der Waals surface area (Å²) in [5.41, 5.74) is 2.65. The van der Waals surface area contributed by atoms with E-state index in [0.29, 0.717) is 43.3 Å². The summed E-state index contributed by atoms with van der Waals surface area (Å²) in [4.78, 5) is 5.36. The Morgan fingerprint density at radius 1 is 0.610 bits per heavy atom. The van der Waals surface area contributed by atoms with Gasteiger partial charge in [-0.3, -0.25) is 9.80 Å². The molecule has 0 aromatic heterocycles. The molecular formula is C32H40N4O4S. The molecule has 4 aliphatic rings. The molecule has 0 aliphatic carbocycles. The first-order chi connectivity index (χ1) is 20.1. The number of benzene rings is 3. The van der Waals surface area contributed by atoms with E-state index < -0.39 is 10.0 Å². The van der Waals surface area contributed by atoms with Gasteiger partial charge in [0, 0.05) is 63.4 Å². The highest BCUT2D eigenvalue weighted by Crippen LogP contribution is 2.28. The minimum absolute atomic E-state index is 0.0891. The molecule has 4 saturated heterocycles. The van der Waals surface area contributed by atoms with Gasteiger partial charge < -0.3 is 14.8 Å². The minimum Gasteiger partial charge on any atom is -0.378 e. The van der Waals surface area contributed by atoms with Crippen molar-refractivity contribution in [1.29, 1.82) is 0 Å². The molecule has 9 heteroatoms. The second-order valence-electron chi connectivity index (χ2n) is 11.3. The van der Waals surface area contributed by atoms with Gasteiger partial charge >= 0.3 is 0 Å². The zero-order chi connectivity index (χ0) is 28.1. The number of nitrogens with zero attached hydrogens (tertiary/aromatic N) is 3. The molecule has 8 nitrogen and oxygen atoms in total. The fraction of sp³-hybridized carbons (Fsp3) is 0.438. The normalized spacial score (nSPS) is 27.0. The monoisotopic (exact) mass is 576 g/mol. The Bertz CT molecular complexity index is 1310. The zero-order valence-electron chi connectivity index (χ0n) is 23.4. The fourth-order valence-electron chi connectivity index (χ4n) is 6.33. The number of piperazine rings is 2. The summed E-state index contributed by atoms with van der Waals surface area (Å²) < 4.78 is 38.9. The Morgan fingerprint density at radius 3 is 1.51 bits per heavy atom. The van der Waals surface area contributed by atoms with Crippen molar-refractivity contribution in [1.82, 2.24) is 19.4 Å². The van der Waals surface area contributed by atoms with Crippen LogP contribution in [0.4, 0.5) is 0 Å². The molecule has 0 amide bonds. The van der Waals surface area contributed by atoms with Gasteiger partial charge in [-0.25, -0.2) is 8.42 Å². The summed E-state index contributed by atoms with van der Waals surface area (Å²) in [5, 5.41) is 3.48. The van der Waals surface area contributed by atoms with Crippen molar-refractivity contribution in [3.63, 3.8) is 0 Å². The standard InChI is InChI=1S/C19H22N2O3S.C13H18N2O/c22-25(23,19-9-5-2-6-10-19)20-12-17-14-24-15-18(13-20)21(17)11-16-7-3-1-4-8-16;1-2-4-11(5-3-1)8-15-12-6-14-7-13(15)10-16-9-12/h1-10,17-18H,11-15H2;1-5,12-14H,6-10H2. The smallest absolute Gasteiger partial charge is 0.243 e. The molecule has 4 fully saturated rings. The Balaban J connectivity index is 0.000000162. The van der Waals surface area contributed by atoms with Crippen molar-refractivity contribution in [3.05, 3.63) is 102 Å². The van der Waals surface area contributed by atoms with Crippen LogP contribution in [0.1, 0.15) is 11.1 Å². The van der Waals surface area contributed by atoms with Crippen molar-refractivity contribution < 1.29 is 17.9 Å². The number of sulfonamides is 1. The van der Waals surface area contributed by atoms with Gasteiger partial charge in [0.2, 0.25) is 10.0 Å². The Kier molecular flexibility index (Phi) is 9.12. The number of fused-ring (bicyclic) bond motifs is 4. The van der Waals surface area contributed by atoms with Crippen LogP contribution in [0.3, 0.4) is 0 Å². The molecule has 3 aromatic rings.